The highest BCUT2D eigenvalue weighted by molar-refractivity contribution is 7.93. The zero-order valence-electron chi connectivity index (χ0n) is 18.1. The minimum absolute atomic E-state index is 0.0392. The zero-order valence-corrected chi connectivity index (χ0v) is 19.8. The molecule has 8 nitrogen and oxygen atoms in total. The highest BCUT2D eigenvalue weighted by Crippen LogP contribution is 2.31. The standard InChI is InChI=1S/C23H20N6O2S2/c1-13-11-14(2)20(15(3)12-13)26-22-23(25-17-8-5-4-7-16(17)24-22)29-33(30,31)19-10-6-9-18-21(19)28-32-27-18/h4-12H,1-3H3,(H,24,26)(H,25,29). The Bertz CT molecular complexity index is 1610. The van der Waals surface area contributed by atoms with Crippen molar-refractivity contribution < 1.29 is 8.42 Å². The molecule has 10 heteroatoms. The molecule has 0 fully saturated rings. The summed E-state index contributed by atoms with van der Waals surface area (Å²) < 4.78 is 37.6. The summed E-state index contributed by atoms with van der Waals surface area (Å²) in [6.07, 6.45) is 0. The van der Waals surface area contributed by atoms with Gasteiger partial charge in [-0.3, -0.25) is 4.72 Å². The van der Waals surface area contributed by atoms with Gasteiger partial charge in [-0.25, -0.2) is 18.4 Å². The van der Waals surface area contributed by atoms with Gasteiger partial charge in [0.15, 0.2) is 11.6 Å². The quantitative estimate of drug-likeness (QED) is 0.363. The van der Waals surface area contributed by atoms with Crippen LogP contribution >= 0.6 is 11.7 Å². The van der Waals surface area contributed by atoms with Gasteiger partial charge in [0.05, 0.1) is 22.8 Å². The molecule has 33 heavy (non-hydrogen) atoms. The van der Waals surface area contributed by atoms with Crippen LogP contribution in [0.5, 0.6) is 0 Å². The van der Waals surface area contributed by atoms with Gasteiger partial charge in [0.25, 0.3) is 10.0 Å². The van der Waals surface area contributed by atoms with Crippen molar-refractivity contribution in [3.63, 3.8) is 0 Å². The van der Waals surface area contributed by atoms with E-state index < -0.39 is 10.0 Å². The fraction of sp³-hybridized carbons (Fsp3) is 0.130. The second-order valence-corrected chi connectivity index (χ2v) is 9.98. The predicted molar refractivity (Wildman–Crippen MR) is 132 cm³/mol. The molecule has 0 aliphatic carbocycles. The summed E-state index contributed by atoms with van der Waals surface area (Å²) in [6, 6.07) is 16.3. The number of fused-ring (bicyclic) bond motifs is 2. The number of anilines is 3. The van der Waals surface area contributed by atoms with Crippen molar-refractivity contribution >= 4 is 61.1 Å². The van der Waals surface area contributed by atoms with Crippen molar-refractivity contribution in [2.24, 2.45) is 0 Å². The molecular formula is C23H20N6O2S2. The first-order valence-electron chi connectivity index (χ1n) is 10.2. The van der Waals surface area contributed by atoms with Crippen LogP contribution in [0.15, 0.2) is 59.5 Å². The van der Waals surface area contributed by atoms with Crippen LogP contribution in [-0.4, -0.2) is 27.1 Å². The first-order valence-corrected chi connectivity index (χ1v) is 12.4. The summed E-state index contributed by atoms with van der Waals surface area (Å²) in [5.41, 5.74) is 6.12. The van der Waals surface area contributed by atoms with E-state index in [0.717, 1.165) is 34.1 Å². The Morgan fingerprint density at radius 1 is 0.788 bits per heavy atom. The molecule has 0 unspecified atom stereocenters. The van der Waals surface area contributed by atoms with Crippen LogP contribution in [0.2, 0.25) is 0 Å². The number of sulfonamides is 1. The van der Waals surface area contributed by atoms with E-state index in [9.17, 15) is 8.42 Å². The van der Waals surface area contributed by atoms with Crippen molar-refractivity contribution in [2.45, 2.75) is 25.7 Å². The first-order chi connectivity index (χ1) is 15.8. The molecule has 0 bridgehead atoms. The SMILES string of the molecule is Cc1cc(C)c(Nc2nc3ccccc3nc2NS(=O)(=O)c2cccc3nsnc23)c(C)c1. The summed E-state index contributed by atoms with van der Waals surface area (Å²) in [4.78, 5) is 9.30. The molecule has 0 amide bonds. The van der Waals surface area contributed by atoms with E-state index in [1.165, 1.54) is 6.07 Å². The van der Waals surface area contributed by atoms with Gasteiger partial charge in [0.1, 0.15) is 15.9 Å². The second-order valence-electron chi connectivity index (χ2n) is 7.80. The molecule has 0 saturated carbocycles. The average molecular weight is 477 g/mol. The normalized spacial score (nSPS) is 11.7. The predicted octanol–water partition coefficient (Wildman–Crippen LogP) is 5.10. The summed E-state index contributed by atoms with van der Waals surface area (Å²) in [7, 11) is -4.01. The lowest BCUT2D eigenvalue weighted by molar-refractivity contribution is 0.602. The monoisotopic (exact) mass is 476 g/mol. The minimum atomic E-state index is -4.01. The van der Waals surface area contributed by atoms with Crippen LogP contribution in [-0.2, 0) is 10.0 Å². The largest absolute Gasteiger partial charge is 0.337 e. The topological polar surface area (TPSA) is 110 Å². The first kappa shape index (κ1) is 21.2. The molecule has 5 aromatic rings. The number of rotatable bonds is 5. The number of hydrogen-bond acceptors (Lipinski definition) is 8. The Labute approximate surface area is 195 Å². The van der Waals surface area contributed by atoms with E-state index in [1.807, 2.05) is 39.0 Å². The molecule has 0 atom stereocenters. The highest BCUT2D eigenvalue weighted by Gasteiger charge is 2.23. The van der Waals surface area contributed by atoms with E-state index >= 15 is 0 Å². The third-order valence-corrected chi connectivity index (χ3v) is 7.17. The Morgan fingerprint density at radius 3 is 2.12 bits per heavy atom. The maximum absolute atomic E-state index is 13.4. The molecule has 3 aromatic carbocycles. The van der Waals surface area contributed by atoms with Crippen LogP contribution in [0.1, 0.15) is 16.7 Å². The van der Waals surface area contributed by atoms with Crippen LogP contribution in [0.4, 0.5) is 17.3 Å². The molecule has 0 radical (unpaired) electrons. The average Bonchev–Trinajstić information content (AvgIpc) is 3.25. The summed E-state index contributed by atoms with van der Waals surface area (Å²) in [6.45, 7) is 6.03. The Balaban J connectivity index is 1.64. The fourth-order valence-electron chi connectivity index (χ4n) is 3.83. The number of nitrogens with zero attached hydrogens (tertiary/aromatic N) is 4. The van der Waals surface area contributed by atoms with Crippen molar-refractivity contribution in [3.8, 4) is 0 Å². The van der Waals surface area contributed by atoms with E-state index in [1.54, 1.807) is 18.2 Å². The molecular weight excluding hydrogens is 456 g/mol. The highest BCUT2D eigenvalue weighted by atomic mass is 32.2. The summed E-state index contributed by atoms with van der Waals surface area (Å²) in [5, 5.41) is 3.31. The van der Waals surface area contributed by atoms with Gasteiger partial charge in [-0.2, -0.15) is 8.75 Å². The van der Waals surface area contributed by atoms with E-state index in [0.29, 0.717) is 27.9 Å². The maximum atomic E-state index is 13.4. The van der Waals surface area contributed by atoms with Crippen LogP contribution < -0.4 is 10.0 Å². The molecule has 0 saturated heterocycles. The summed E-state index contributed by atoms with van der Waals surface area (Å²) in [5.74, 6) is 0.421. The van der Waals surface area contributed by atoms with Gasteiger partial charge >= 0.3 is 0 Å². The van der Waals surface area contributed by atoms with Crippen LogP contribution in [0.3, 0.4) is 0 Å². The maximum Gasteiger partial charge on any atom is 0.265 e. The van der Waals surface area contributed by atoms with Crippen molar-refractivity contribution in [2.75, 3.05) is 10.0 Å². The number of para-hydroxylation sites is 2. The molecule has 5 rings (SSSR count). The van der Waals surface area contributed by atoms with Crippen molar-refractivity contribution in [3.05, 3.63) is 71.3 Å². The van der Waals surface area contributed by atoms with E-state index in [2.05, 4.69) is 40.9 Å². The summed E-state index contributed by atoms with van der Waals surface area (Å²) >= 11 is 0.968. The van der Waals surface area contributed by atoms with Gasteiger partial charge in [-0.1, -0.05) is 35.9 Å². The lowest BCUT2D eigenvalue weighted by Gasteiger charge is -2.17. The number of benzene rings is 3. The van der Waals surface area contributed by atoms with E-state index in [4.69, 9.17) is 0 Å². The van der Waals surface area contributed by atoms with Gasteiger partial charge in [-0.05, 0) is 56.2 Å². The minimum Gasteiger partial charge on any atom is -0.337 e. The molecule has 0 aliphatic rings. The number of hydrogen-bond donors (Lipinski definition) is 2. The van der Waals surface area contributed by atoms with Gasteiger partial charge in [0.2, 0.25) is 0 Å². The molecule has 0 aliphatic heterocycles. The zero-order chi connectivity index (χ0) is 23.2. The van der Waals surface area contributed by atoms with E-state index in [-0.39, 0.29) is 10.7 Å². The second kappa shape index (κ2) is 8.05. The van der Waals surface area contributed by atoms with Gasteiger partial charge in [0, 0.05) is 5.69 Å². The number of aromatic nitrogens is 4. The van der Waals surface area contributed by atoms with Crippen LogP contribution in [0, 0.1) is 20.8 Å². The Morgan fingerprint density at radius 2 is 1.42 bits per heavy atom. The number of aryl methyl sites for hydroxylation is 3. The number of nitrogens with one attached hydrogen (secondary N) is 2. The molecule has 0 spiro atoms. The smallest absolute Gasteiger partial charge is 0.265 e. The van der Waals surface area contributed by atoms with Crippen molar-refractivity contribution in [1.29, 1.82) is 0 Å². The van der Waals surface area contributed by atoms with Crippen molar-refractivity contribution in [1.82, 2.24) is 18.7 Å². The lowest BCUT2D eigenvalue weighted by Crippen LogP contribution is -2.16. The Hall–Kier alpha value is -3.63. The van der Waals surface area contributed by atoms with Crippen LogP contribution in [0.25, 0.3) is 22.1 Å². The Kier molecular flexibility index (Phi) is 5.18. The van der Waals surface area contributed by atoms with Gasteiger partial charge in [-0.15, -0.1) is 0 Å². The molecule has 2 aromatic heterocycles. The molecule has 2 N–H and O–H groups in total. The molecule has 166 valence electrons. The van der Waals surface area contributed by atoms with Gasteiger partial charge < -0.3 is 5.32 Å². The third kappa shape index (κ3) is 3.98. The fourth-order valence-corrected chi connectivity index (χ4v) is 5.61. The third-order valence-electron chi connectivity index (χ3n) is 5.26. The lowest BCUT2D eigenvalue weighted by atomic mass is 10.1. The molecule has 2 heterocycles.